The van der Waals surface area contributed by atoms with Crippen LogP contribution in [0.2, 0.25) is 0 Å². The third-order valence-electron chi connectivity index (χ3n) is 2.84. The van der Waals surface area contributed by atoms with Crippen LogP contribution in [-0.4, -0.2) is 22.7 Å². The summed E-state index contributed by atoms with van der Waals surface area (Å²) < 4.78 is 5.10. The van der Waals surface area contributed by atoms with Gasteiger partial charge >= 0.3 is 5.97 Å². The molecule has 0 aliphatic heterocycles. The Balaban J connectivity index is 0.00000220. The van der Waals surface area contributed by atoms with Crippen molar-refractivity contribution in [1.82, 2.24) is 4.98 Å². The molecular weight excluding hydrogens is 312 g/mol. The van der Waals surface area contributed by atoms with Crippen LogP contribution in [0.4, 0.5) is 5.13 Å². The summed E-state index contributed by atoms with van der Waals surface area (Å²) in [6.07, 6.45) is 0.461. The number of hydrogen-bond donors (Lipinski definition) is 2. The molecule has 1 unspecified atom stereocenters. The summed E-state index contributed by atoms with van der Waals surface area (Å²) in [5.41, 5.74) is 7.17. The van der Waals surface area contributed by atoms with Crippen molar-refractivity contribution in [2.45, 2.75) is 19.3 Å². The Bertz CT molecular complexity index is 586. The van der Waals surface area contributed by atoms with Crippen LogP contribution in [0.25, 0.3) is 0 Å². The van der Waals surface area contributed by atoms with Gasteiger partial charge < -0.3 is 15.6 Å². The van der Waals surface area contributed by atoms with Gasteiger partial charge in [-0.15, -0.1) is 23.7 Å². The standard InChI is InChI=1S/C14H16N2O3S.ClH/c1-2-19-13(18)11(12-8-20-14(15)16-12)7-9-3-5-10(17)6-4-9;/h3-6,8,11,17H,2,7H2,1H3,(H2,15,16);1H. The summed E-state index contributed by atoms with van der Waals surface area (Å²) in [5.74, 6) is -0.599. The Morgan fingerprint density at radius 1 is 1.43 bits per heavy atom. The smallest absolute Gasteiger partial charge is 0.315 e. The third-order valence-corrected chi connectivity index (χ3v) is 3.54. The van der Waals surface area contributed by atoms with Crippen LogP contribution in [0.3, 0.4) is 0 Å². The molecule has 1 aromatic carbocycles. The first kappa shape index (κ1) is 17.3. The SMILES string of the molecule is CCOC(=O)C(Cc1ccc(O)cc1)c1csc(N)n1.Cl. The van der Waals surface area contributed by atoms with Gasteiger partial charge in [-0.3, -0.25) is 4.79 Å². The molecule has 5 nitrogen and oxygen atoms in total. The van der Waals surface area contributed by atoms with E-state index >= 15 is 0 Å². The maximum atomic E-state index is 12.1. The lowest BCUT2D eigenvalue weighted by Gasteiger charge is -2.13. The number of rotatable bonds is 5. The summed E-state index contributed by atoms with van der Waals surface area (Å²) in [6.45, 7) is 2.09. The van der Waals surface area contributed by atoms with Gasteiger partial charge in [-0.2, -0.15) is 0 Å². The average molecular weight is 329 g/mol. The van der Waals surface area contributed by atoms with Gasteiger partial charge in [0, 0.05) is 5.38 Å². The number of anilines is 1. The van der Waals surface area contributed by atoms with Crippen LogP contribution in [0.1, 0.15) is 24.1 Å². The number of carbonyl (C=O) groups is 1. The molecule has 0 saturated heterocycles. The van der Waals surface area contributed by atoms with Crippen LogP contribution in [0.5, 0.6) is 5.75 Å². The molecule has 1 aromatic heterocycles. The highest BCUT2D eigenvalue weighted by Gasteiger charge is 2.25. The van der Waals surface area contributed by atoms with Crippen molar-refractivity contribution < 1.29 is 14.6 Å². The summed E-state index contributed by atoms with van der Waals surface area (Å²) in [4.78, 5) is 16.3. The Hall–Kier alpha value is -1.79. The molecule has 114 valence electrons. The zero-order valence-electron chi connectivity index (χ0n) is 11.5. The monoisotopic (exact) mass is 328 g/mol. The Labute approximate surface area is 133 Å². The first-order chi connectivity index (χ1) is 9.60. The van der Waals surface area contributed by atoms with Crippen LogP contribution in [0, 0.1) is 0 Å². The van der Waals surface area contributed by atoms with E-state index in [4.69, 9.17) is 10.5 Å². The fraction of sp³-hybridized carbons (Fsp3) is 0.286. The molecule has 0 radical (unpaired) electrons. The van der Waals surface area contributed by atoms with E-state index in [0.29, 0.717) is 23.9 Å². The largest absolute Gasteiger partial charge is 0.508 e. The van der Waals surface area contributed by atoms with Gasteiger partial charge in [0.05, 0.1) is 12.3 Å². The molecule has 0 spiro atoms. The van der Waals surface area contributed by atoms with Crippen molar-refractivity contribution in [3.63, 3.8) is 0 Å². The number of aromatic nitrogens is 1. The molecule has 0 bridgehead atoms. The number of nitrogens with zero attached hydrogens (tertiary/aromatic N) is 1. The van der Waals surface area contributed by atoms with E-state index in [1.165, 1.54) is 11.3 Å². The molecule has 1 heterocycles. The molecule has 3 N–H and O–H groups in total. The highest BCUT2D eigenvalue weighted by molar-refractivity contribution is 7.13. The minimum absolute atomic E-state index is 0. The van der Waals surface area contributed by atoms with Gasteiger partial charge in [-0.1, -0.05) is 12.1 Å². The minimum Gasteiger partial charge on any atom is -0.508 e. The number of nitrogens with two attached hydrogens (primary N) is 1. The number of phenolic OH excluding ortho intramolecular Hbond substituents is 1. The molecule has 1 atom stereocenters. The molecule has 0 amide bonds. The van der Waals surface area contributed by atoms with Crippen LogP contribution in [-0.2, 0) is 16.0 Å². The predicted octanol–water partition coefficient (Wildman–Crippen LogP) is 2.74. The number of thiazole rings is 1. The van der Waals surface area contributed by atoms with Gasteiger partial charge in [0.15, 0.2) is 5.13 Å². The molecule has 0 fully saturated rings. The Morgan fingerprint density at radius 2 is 2.10 bits per heavy atom. The summed E-state index contributed by atoms with van der Waals surface area (Å²) in [6, 6.07) is 6.73. The zero-order valence-corrected chi connectivity index (χ0v) is 13.1. The van der Waals surface area contributed by atoms with E-state index in [1.54, 1.807) is 36.6 Å². The molecule has 0 aliphatic rings. The van der Waals surface area contributed by atoms with Crippen LogP contribution >= 0.6 is 23.7 Å². The van der Waals surface area contributed by atoms with Gasteiger partial charge in [0.1, 0.15) is 11.7 Å². The molecule has 21 heavy (non-hydrogen) atoms. The van der Waals surface area contributed by atoms with Gasteiger partial charge in [0.25, 0.3) is 0 Å². The van der Waals surface area contributed by atoms with Crippen molar-refractivity contribution in [3.8, 4) is 5.75 Å². The summed E-state index contributed by atoms with van der Waals surface area (Å²) in [7, 11) is 0. The van der Waals surface area contributed by atoms with E-state index in [2.05, 4.69) is 4.98 Å². The number of hydrogen-bond acceptors (Lipinski definition) is 6. The van der Waals surface area contributed by atoms with Crippen molar-refractivity contribution in [2.75, 3.05) is 12.3 Å². The number of ether oxygens (including phenoxy) is 1. The first-order valence-electron chi connectivity index (χ1n) is 6.25. The minimum atomic E-state index is -0.479. The van der Waals surface area contributed by atoms with Crippen molar-refractivity contribution >= 4 is 34.8 Å². The van der Waals surface area contributed by atoms with Crippen molar-refractivity contribution in [3.05, 3.63) is 40.9 Å². The topological polar surface area (TPSA) is 85.4 Å². The fourth-order valence-corrected chi connectivity index (χ4v) is 2.50. The highest BCUT2D eigenvalue weighted by Crippen LogP contribution is 2.26. The van der Waals surface area contributed by atoms with Crippen molar-refractivity contribution in [1.29, 1.82) is 0 Å². The van der Waals surface area contributed by atoms with Crippen LogP contribution < -0.4 is 5.73 Å². The molecule has 0 saturated carbocycles. The number of carbonyl (C=O) groups excluding carboxylic acids is 1. The fourth-order valence-electron chi connectivity index (χ4n) is 1.88. The Kier molecular flexibility index (Phi) is 6.45. The maximum absolute atomic E-state index is 12.1. The summed E-state index contributed by atoms with van der Waals surface area (Å²) >= 11 is 1.30. The average Bonchev–Trinajstić information content (AvgIpc) is 2.84. The van der Waals surface area contributed by atoms with Crippen molar-refractivity contribution in [2.24, 2.45) is 0 Å². The Morgan fingerprint density at radius 3 is 2.62 bits per heavy atom. The summed E-state index contributed by atoms with van der Waals surface area (Å²) in [5, 5.41) is 11.5. The first-order valence-corrected chi connectivity index (χ1v) is 7.13. The van der Waals surface area contributed by atoms with Gasteiger partial charge in [-0.05, 0) is 31.0 Å². The molecule has 2 rings (SSSR count). The second kappa shape index (κ2) is 7.85. The lowest BCUT2D eigenvalue weighted by molar-refractivity contribution is -0.145. The second-order valence-corrected chi connectivity index (χ2v) is 5.18. The molecule has 2 aromatic rings. The van der Waals surface area contributed by atoms with E-state index in [1.807, 2.05) is 0 Å². The number of esters is 1. The van der Waals surface area contributed by atoms with E-state index < -0.39 is 5.92 Å². The number of halogens is 1. The lowest BCUT2D eigenvalue weighted by Crippen LogP contribution is -2.18. The molecule has 7 heteroatoms. The van der Waals surface area contributed by atoms with E-state index in [0.717, 1.165) is 5.56 Å². The number of aromatic hydroxyl groups is 1. The molecule has 0 aliphatic carbocycles. The van der Waals surface area contributed by atoms with Gasteiger partial charge in [-0.25, -0.2) is 4.98 Å². The number of nitrogen functional groups attached to an aromatic ring is 1. The van der Waals surface area contributed by atoms with E-state index in [-0.39, 0.29) is 24.1 Å². The maximum Gasteiger partial charge on any atom is 0.315 e. The van der Waals surface area contributed by atoms with Crippen LogP contribution in [0.15, 0.2) is 29.6 Å². The number of benzene rings is 1. The highest BCUT2D eigenvalue weighted by atomic mass is 35.5. The molecular formula is C14H17ClN2O3S. The predicted molar refractivity (Wildman–Crippen MR) is 85.0 cm³/mol. The van der Waals surface area contributed by atoms with Gasteiger partial charge in [0.2, 0.25) is 0 Å². The normalized spacial score (nSPS) is 11.5. The van der Waals surface area contributed by atoms with E-state index in [9.17, 15) is 9.90 Å². The zero-order chi connectivity index (χ0) is 14.5. The second-order valence-electron chi connectivity index (χ2n) is 4.29. The third kappa shape index (κ3) is 4.61. The number of phenols is 1. The quantitative estimate of drug-likeness (QED) is 0.824. The lowest BCUT2D eigenvalue weighted by atomic mass is 9.97.